The summed E-state index contributed by atoms with van der Waals surface area (Å²) in [6, 6.07) is 9.87. The molecule has 2 saturated carbocycles. The zero-order valence-electron chi connectivity index (χ0n) is 19.2. The van der Waals surface area contributed by atoms with Gasteiger partial charge in [-0.3, -0.25) is 14.5 Å². The number of fused-ring (bicyclic) bond motifs is 5. The molecule has 5 heteroatoms. The number of aromatic nitrogens is 2. The SMILES string of the molecule is CC(=O)c1nc2ccccc2n(C2C[C@H]3CCC[C@@H](C2)N3C2CC3CCCC(C3)C2)c1=O. The van der Waals surface area contributed by atoms with Gasteiger partial charge in [-0.1, -0.05) is 37.8 Å². The van der Waals surface area contributed by atoms with Crippen LogP contribution in [0.2, 0.25) is 0 Å². The Bertz CT molecular complexity index is 1070. The Morgan fingerprint density at radius 2 is 1.50 bits per heavy atom. The minimum Gasteiger partial charge on any atom is -0.302 e. The largest absolute Gasteiger partial charge is 0.302 e. The average molecular weight is 434 g/mol. The highest BCUT2D eigenvalue weighted by atomic mass is 16.1. The highest BCUT2D eigenvalue weighted by Crippen LogP contribution is 2.47. The lowest BCUT2D eigenvalue weighted by atomic mass is 9.68. The number of rotatable bonds is 3. The zero-order chi connectivity index (χ0) is 21.8. The first-order valence-electron chi connectivity index (χ1n) is 12.9. The summed E-state index contributed by atoms with van der Waals surface area (Å²) in [5.41, 5.74) is 1.53. The van der Waals surface area contributed by atoms with Crippen molar-refractivity contribution < 1.29 is 4.79 Å². The van der Waals surface area contributed by atoms with Crippen molar-refractivity contribution in [3.05, 3.63) is 40.3 Å². The number of para-hydroxylation sites is 2. The lowest BCUT2D eigenvalue weighted by Crippen LogP contribution is -2.58. The number of ketones is 1. The van der Waals surface area contributed by atoms with Gasteiger partial charge in [0.2, 0.25) is 0 Å². The molecule has 32 heavy (non-hydrogen) atoms. The number of piperidine rings is 2. The summed E-state index contributed by atoms with van der Waals surface area (Å²) in [4.78, 5) is 33.0. The molecule has 0 radical (unpaired) electrons. The molecule has 1 aromatic heterocycles. The third-order valence-electron chi connectivity index (χ3n) is 9.02. The van der Waals surface area contributed by atoms with E-state index in [1.807, 2.05) is 28.8 Å². The molecule has 170 valence electrons. The van der Waals surface area contributed by atoms with Crippen molar-refractivity contribution in [3.8, 4) is 0 Å². The molecular formula is C27H35N3O2. The molecule has 3 heterocycles. The van der Waals surface area contributed by atoms with E-state index in [2.05, 4.69) is 9.88 Å². The van der Waals surface area contributed by atoms with Crippen LogP contribution >= 0.6 is 0 Å². The number of carbonyl (C=O) groups excluding carboxylic acids is 1. The van der Waals surface area contributed by atoms with Gasteiger partial charge in [0.1, 0.15) is 0 Å². The Hall–Kier alpha value is -2.01. The maximum atomic E-state index is 13.4. The number of carbonyl (C=O) groups is 1. The summed E-state index contributed by atoms with van der Waals surface area (Å²) < 4.78 is 1.94. The molecule has 1 aromatic carbocycles. The quantitative estimate of drug-likeness (QED) is 0.630. The van der Waals surface area contributed by atoms with E-state index in [4.69, 9.17) is 0 Å². The molecule has 2 saturated heterocycles. The molecular weight excluding hydrogens is 398 g/mol. The number of benzene rings is 1. The molecule has 4 bridgehead atoms. The molecule has 2 aliphatic carbocycles. The Morgan fingerprint density at radius 3 is 2.19 bits per heavy atom. The summed E-state index contributed by atoms with van der Waals surface area (Å²) in [6.45, 7) is 1.46. The maximum absolute atomic E-state index is 13.4. The molecule has 2 aliphatic heterocycles. The first kappa shape index (κ1) is 20.6. The summed E-state index contributed by atoms with van der Waals surface area (Å²) in [5, 5.41) is 0. The van der Waals surface area contributed by atoms with Gasteiger partial charge in [-0.2, -0.15) is 0 Å². The van der Waals surface area contributed by atoms with E-state index in [-0.39, 0.29) is 23.1 Å². The predicted octanol–water partition coefficient (Wildman–Crippen LogP) is 5.13. The van der Waals surface area contributed by atoms with Crippen molar-refractivity contribution in [2.75, 3.05) is 0 Å². The van der Waals surface area contributed by atoms with Crippen LogP contribution < -0.4 is 5.56 Å². The standard InChI is InChI=1S/C27H35N3O2/c1-17(31)26-27(32)30(25-11-3-2-10-24(25)28-26)23-15-20-8-5-9-21(16-23)29(20)22-13-18-6-4-7-19(12-18)14-22/h2-3,10-11,18-23H,4-9,12-16H2,1H3/t18?,19?,20-,21+,22?,23?. The molecule has 0 N–H and O–H groups in total. The van der Waals surface area contributed by atoms with E-state index in [1.165, 1.54) is 64.7 Å². The number of hydrogen-bond acceptors (Lipinski definition) is 4. The minimum atomic E-state index is -0.235. The van der Waals surface area contributed by atoms with E-state index < -0.39 is 0 Å². The highest BCUT2D eigenvalue weighted by molar-refractivity contribution is 5.93. The highest BCUT2D eigenvalue weighted by Gasteiger charge is 2.45. The molecule has 0 spiro atoms. The second-order valence-electron chi connectivity index (χ2n) is 11.0. The molecule has 3 unspecified atom stereocenters. The third kappa shape index (κ3) is 3.44. The van der Waals surface area contributed by atoms with E-state index in [1.54, 1.807) is 0 Å². The van der Waals surface area contributed by atoms with Gasteiger partial charge in [-0.05, 0) is 68.9 Å². The van der Waals surface area contributed by atoms with Crippen LogP contribution in [0.1, 0.15) is 94.1 Å². The molecule has 4 fully saturated rings. The fourth-order valence-corrected chi connectivity index (χ4v) is 7.88. The molecule has 5 atom stereocenters. The van der Waals surface area contributed by atoms with Crippen molar-refractivity contribution in [2.24, 2.45) is 11.8 Å². The molecule has 4 aliphatic rings. The maximum Gasteiger partial charge on any atom is 0.280 e. The van der Waals surface area contributed by atoms with Crippen LogP contribution in [-0.2, 0) is 0 Å². The van der Waals surface area contributed by atoms with E-state index in [0.29, 0.717) is 12.1 Å². The van der Waals surface area contributed by atoms with Crippen LogP contribution in [0.4, 0.5) is 0 Å². The first-order valence-corrected chi connectivity index (χ1v) is 12.9. The fourth-order valence-electron chi connectivity index (χ4n) is 7.88. The van der Waals surface area contributed by atoms with Gasteiger partial charge in [0.15, 0.2) is 11.5 Å². The second kappa shape index (κ2) is 8.09. The van der Waals surface area contributed by atoms with Crippen molar-refractivity contribution in [3.63, 3.8) is 0 Å². The first-order chi connectivity index (χ1) is 15.6. The lowest BCUT2D eigenvalue weighted by molar-refractivity contribution is -0.0486. The monoisotopic (exact) mass is 433 g/mol. The Kier molecular flexibility index (Phi) is 5.20. The van der Waals surface area contributed by atoms with Crippen molar-refractivity contribution in [1.29, 1.82) is 0 Å². The Labute approximate surface area is 190 Å². The zero-order valence-corrected chi connectivity index (χ0v) is 19.2. The average Bonchev–Trinajstić information content (AvgIpc) is 2.77. The second-order valence-corrected chi connectivity index (χ2v) is 11.0. The van der Waals surface area contributed by atoms with Gasteiger partial charge in [0, 0.05) is 31.1 Å². The minimum absolute atomic E-state index is 0.0939. The van der Waals surface area contributed by atoms with Crippen LogP contribution in [0, 0.1) is 11.8 Å². The third-order valence-corrected chi connectivity index (χ3v) is 9.02. The molecule has 6 rings (SSSR count). The van der Waals surface area contributed by atoms with Crippen LogP contribution in [-0.4, -0.2) is 38.4 Å². The van der Waals surface area contributed by atoms with Gasteiger partial charge in [0.05, 0.1) is 11.0 Å². The van der Waals surface area contributed by atoms with Crippen LogP contribution in [0.15, 0.2) is 29.1 Å². The van der Waals surface area contributed by atoms with E-state index in [0.717, 1.165) is 41.8 Å². The number of Topliss-reactive ketones (excluding diaryl/α,β-unsaturated/α-hetero) is 1. The molecule has 5 nitrogen and oxygen atoms in total. The van der Waals surface area contributed by atoms with Crippen molar-refractivity contribution in [1.82, 2.24) is 14.5 Å². The van der Waals surface area contributed by atoms with Crippen LogP contribution in [0.3, 0.4) is 0 Å². The lowest BCUT2D eigenvalue weighted by Gasteiger charge is -2.55. The van der Waals surface area contributed by atoms with Crippen molar-refractivity contribution >= 4 is 16.8 Å². The summed E-state index contributed by atoms with van der Waals surface area (Å²) in [5.74, 6) is 1.65. The van der Waals surface area contributed by atoms with Crippen LogP contribution in [0.5, 0.6) is 0 Å². The Balaban J connectivity index is 1.35. The fraction of sp³-hybridized carbons (Fsp3) is 0.667. The topological polar surface area (TPSA) is 55.2 Å². The van der Waals surface area contributed by atoms with Gasteiger partial charge in [-0.25, -0.2) is 4.98 Å². The van der Waals surface area contributed by atoms with E-state index in [9.17, 15) is 9.59 Å². The van der Waals surface area contributed by atoms with Crippen molar-refractivity contribution in [2.45, 2.75) is 102 Å². The summed E-state index contributed by atoms with van der Waals surface area (Å²) in [7, 11) is 0. The number of hydrogen-bond donors (Lipinski definition) is 0. The van der Waals surface area contributed by atoms with Crippen LogP contribution in [0.25, 0.3) is 11.0 Å². The molecule has 0 amide bonds. The molecule has 2 aromatic rings. The smallest absolute Gasteiger partial charge is 0.280 e. The predicted molar refractivity (Wildman–Crippen MR) is 126 cm³/mol. The normalized spacial score (nSPS) is 35.0. The summed E-state index contributed by atoms with van der Waals surface area (Å²) >= 11 is 0. The van der Waals surface area contributed by atoms with Gasteiger partial charge >= 0.3 is 0 Å². The van der Waals surface area contributed by atoms with Gasteiger partial charge in [-0.15, -0.1) is 0 Å². The van der Waals surface area contributed by atoms with E-state index >= 15 is 0 Å². The Morgan fingerprint density at radius 1 is 0.844 bits per heavy atom. The van der Waals surface area contributed by atoms with Gasteiger partial charge in [0.25, 0.3) is 5.56 Å². The number of nitrogens with zero attached hydrogens (tertiary/aromatic N) is 3. The summed E-state index contributed by atoms with van der Waals surface area (Å²) in [6.07, 6.45) is 14.4. The van der Waals surface area contributed by atoms with Gasteiger partial charge < -0.3 is 4.57 Å².